The fraction of sp³-hybridized carbons (Fsp3) is 0.192. The van der Waals surface area contributed by atoms with Gasteiger partial charge in [-0.3, -0.25) is 0 Å². The number of nitrogens with zero attached hydrogens (tertiary/aromatic N) is 1. The van der Waals surface area contributed by atoms with Crippen molar-refractivity contribution >= 4 is 11.3 Å². The van der Waals surface area contributed by atoms with Gasteiger partial charge < -0.3 is 14.8 Å². The maximum Gasteiger partial charge on any atom is 0.119 e. The van der Waals surface area contributed by atoms with E-state index >= 15 is 0 Å². The second kappa shape index (κ2) is 10.8. The zero-order chi connectivity index (χ0) is 21.3. The number of ether oxygens (including phenoxy) is 2. The molecule has 4 aromatic rings. The highest BCUT2D eigenvalue weighted by atomic mass is 32.1. The molecule has 0 fully saturated rings. The van der Waals surface area contributed by atoms with Crippen molar-refractivity contribution in [2.75, 3.05) is 13.7 Å². The summed E-state index contributed by atoms with van der Waals surface area (Å²) in [6.45, 7) is 2.26. The van der Waals surface area contributed by atoms with Gasteiger partial charge in [-0.2, -0.15) is 0 Å². The number of aromatic nitrogens is 1. The maximum absolute atomic E-state index is 5.87. The first-order chi connectivity index (χ1) is 15.3. The molecule has 0 unspecified atom stereocenters. The van der Waals surface area contributed by atoms with Crippen molar-refractivity contribution in [3.8, 4) is 21.9 Å². The molecule has 3 aromatic carbocycles. The molecule has 0 amide bonds. The molecule has 0 saturated carbocycles. The van der Waals surface area contributed by atoms with Crippen LogP contribution in [0.1, 0.15) is 16.1 Å². The highest BCUT2D eigenvalue weighted by Gasteiger charge is 2.05. The number of methoxy groups -OCH3 is 1. The summed E-state index contributed by atoms with van der Waals surface area (Å²) in [5.74, 6) is 1.76. The molecule has 4 rings (SSSR count). The van der Waals surface area contributed by atoms with Crippen LogP contribution >= 0.6 is 11.3 Å². The molecule has 0 atom stereocenters. The van der Waals surface area contributed by atoms with Crippen molar-refractivity contribution in [3.05, 3.63) is 101 Å². The van der Waals surface area contributed by atoms with Crippen LogP contribution in [0, 0.1) is 0 Å². The monoisotopic (exact) mass is 430 g/mol. The summed E-state index contributed by atoms with van der Waals surface area (Å²) in [5, 5.41) is 4.57. The van der Waals surface area contributed by atoms with E-state index in [9.17, 15) is 0 Å². The average Bonchev–Trinajstić information content (AvgIpc) is 3.31. The number of benzene rings is 3. The molecule has 0 bridgehead atoms. The summed E-state index contributed by atoms with van der Waals surface area (Å²) in [6, 6.07) is 26.6. The quantitative estimate of drug-likeness (QED) is 0.326. The van der Waals surface area contributed by atoms with Crippen LogP contribution in [0.5, 0.6) is 11.5 Å². The lowest BCUT2D eigenvalue weighted by Crippen LogP contribution is -2.16. The van der Waals surface area contributed by atoms with E-state index in [-0.39, 0.29) is 0 Å². The molecule has 158 valence electrons. The third kappa shape index (κ3) is 6.17. The highest BCUT2D eigenvalue weighted by Crippen LogP contribution is 2.28. The Labute approximate surface area is 187 Å². The topological polar surface area (TPSA) is 43.4 Å². The summed E-state index contributed by atoms with van der Waals surface area (Å²) in [4.78, 5) is 5.73. The van der Waals surface area contributed by atoms with Gasteiger partial charge in [0.1, 0.15) is 23.1 Å². The number of rotatable bonds is 10. The maximum atomic E-state index is 5.87. The van der Waals surface area contributed by atoms with Gasteiger partial charge in [0.2, 0.25) is 0 Å². The zero-order valence-electron chi connectivity index (χ0n) is 17.6. The summed E-state index contributed by atoms with van der Waals surface area (Å²) < 4.78 is 11.1. The summed E-state index contributed by atoms with van der Waals surface area (Å²) >= 11 is 1.72. The first-order valence-corrected chi connectivity index (χ1v) is 11.2. The highest BCUT2D eigenvalue weighted by molar-refractivity contribution is 7.15. The molecule has 5 heteroatoms. The van der Waals surface area contributed by atoms with Crippen molar-refractivity contribution in [2.45, 2.75) is 19.6 Å². The van der Waals surface area contributed by atoms with Crippen LogP contribution in [-0.4, -0.2) is 18.6 Å². The van der Waals surface area contributed by atoms with Crippen LogP contribution in [0.25, 0.3) is 10.4 Å². The predicted molar refractivity (Wildman–Crippen MR) is 127 cm³/mol. The Hall–Kier alpha value is -3.15. The predicted octanol–water partition coefficient (Wildman–Crippen LogP) is 5.73. The van der Waals surface area contributed by atoms with Crippen molar-refractivity contribution < 1.29 is 9.47 Å². The van der Waals surface area contributed by atoms with E-state index in [0.29, 0.717) is 6.61 Å². The Morgan fingerprint density at radius 2 is 1.58 bits per heavy atom. The van der Waals surface area contributed by atoms with E-state index in [1.54, 1.807) is 18.4 Å². The molecule has 1 N–H and O–H groups in total. The average molecular weight is 431 g/mol. The Morgan fingerprint density at radius 3 is 2.32 bits per heavy atom. The minimum absolute atomic E-state index is 0.576. The van der Waals surface area contributed by atoms with Crippen LogP contribution in [-0.2, 0) is 19.6 Å². The minimum atomic E-state index is 0.576. The summed E-state index contributed by atoms with van der Waals surface area (Å²) in [5.41, 5.74) is 3.62. The zero-order valence-corrected chi connectivity index (χ0v) is 18.4. The molecular formula is C26H26N2O2S. The van der Waals surface area contributed by atoms with Gasteiger partial charge in [-0.15, -0.1) is 11.3 Å². The largest absolute Gasteiger partial charge is 0.497 e. The number of thiazole rings is 1. The van der Waals surface area contributed by atoms with E-state index in [1.807, 2.05) is 48.7 Å². The molecule has 0 saturated heterocycles. The molecule has 0 spiro atoms. The normalized spacial score (nSPS) is 10.7. The van der Waals surface area contributed by atoms with Gasteiger partial charge >= 0.3 is 0 Å². The fourth-order valence-corrected chi connectivity index (χ4v) is 4.09. The minimum Gasteiger partial charge on any atom is -0.497 e. The van der Waals surface area contributed by atoms with Crippen LogP contribution in [0.3, 0.4) is 0 Å². The first kappa shape index (κ1) is 21.1. The molecule has 0 radical (unpaired) electrons. The molecule has 0 aliphatic rings. The van der Waals surface area contributed by atoms with Gasteiger partial charge in [-0.05, 0) is 66.1 Å². The van der Waals surface area contributed by atoms with E-state index in [0.717, 1.165) is 47.1 Å². The molecule has 0 aliphatic carbocycles. The van der Waals surface area contributed by atoms with Crippen LogP contribution in [0.2, 0.25) is 0 Å². The van der Waals surface area contributed by atoms with Crippen molar-refractivity contribution in [3.63, 3.8) is 0 Å². The van der Waals surface area contributed by atoms with E-state index in [4.69, 9.17) is 9.47 Å². The van der Waals surface area contributed by atoms with Gasteiger partial charge in [0.15, 0.2) is 0 Å². The Kier molecular flexibility index (Phi) is 7.32. The molecule has 1 heterocycles. The van der Waals surface area contributed by atoms with Gasteiger partial charge in [-0.1, -0.05) is 42.5 Å². The molecule has 31 heavy (non-hydrogen) atoms. The third-order valence-electron chi connectivity index (χ3n) is 4.97. The first-order valence-electron chi connectivity index (χ1n) is 10.4. The Bertz CT molecular complexity index is 1060. The smallest absolute Gasteiger partial charge is 0.119 e. The lowest BCUT2D eigenvalue weighted by atomic mass is 10.1. The van der Waals surface area contributed by atoms with Gasteiger partial charge in [0, 0.05) is 12.7 Å². The van der Waals surface area contributed by atoms with Crippen molar-refractivity contribution in [1.82, 2.24) is 10.3 Å². The fourth-order valence-electron chi connectivity index (χ4n) is 3.20. The van der Waals surface area contributed by atoms with Crippen molar-refractivity contribution in [1.29, 1.82) is 0 Å². The van der Waals surface area contributed by atoms with Gasteiger partial charge in [0.25, 0.3) is 0 Å². The SMILES string of the molecule is COc1ccc(CCNCc2ncc(-c3ccc(OCc4ccccc4)cc3)s2)cc1. The Balaban J connectivity index is 1.24. The second-order valence-electron chi connectivity index (χ2n) is 7.19. The van der Waals surface area contributed by atoms with E-state index in [1.165, 1.54) is 10.4 Å². The second-order valence-corrected chi connectivity index (χ2v) is 8.31. The Morgan fingerprint density at radius 1 is 0.839 bits per heavy atom. The number of hydrogen-bond donors (Lipinski definition) is 1. The lowest BCUT2D eigenvalue weighted by Gasteiger charge is -2.06. The molecule has 4 nitrogen and oxygen atoms in total. The van der Waals surface area contributed by atoms with E-state index < -0.39 is 0 Å². The number of hydrogen-bond acceptors (Lipinski definition) is 5. The van der Waals surface area contributed by atoms with Crippen LogP contribution in [0.15, 0.2) is 85.1 Å². The summed E-state index contributed by atoms with van der Waals surface area (Å²) in [6.07, 6.45) is 2.93. The molecular weight excluding hydrogens is 404 g/mol. The molecule has 0 aliphatic heterocycles. The third-order valence-corrected chi connectivity index (χ3v) is 6.01. The van der Waals surface area contributed by atoms with Gasteiger partial charge in [0.05, 0.1) is 12.0 Å². The van der Waals surface area contributed by atoms with Crippen LogP contribution in [0.4, 0.5) is 0 Å². The molecule has 1 aromatic heterocycles. The van der Waals surface area contributed by atoms with E-state index in [2.05, 4.69) is 46.7 Å². The lowest BCUT2D eigenvalue weighted by molar-refractivity contribution is 0.306. The number of nitrogens with one attached hydrogen (secondary N) is 1. The van der Waals surface area contributed by atoms with Gasteiger partial charge in [-0.25, -0.2) is 4.98 Å². The van der Waals surface area contributed by atoms with Crippen molar-refractivity contribution in [2.24, 2.45) is 0 Å². The van der Waals surface area contributed by atoms with Crippen LogP contribution < -0.4 is 14.8 Å². The standard InChI is InChI=1S/C26H26N2O2S/c1-29-23-11-7-20(8-12-23)15-16-27-18-26-28-17-25(31-26)22-9-13-24(14-10-22)30-19-21-5-3-2-4-6-21/h2-14,17,27H,15-16,18-19H2,1H3. The summed E-state index contributed by atoms with van der Waals surface area (Å²) in [7, 11) is 1.69.